The second kappa shape index (κ2) is 5.53. The van der Waals surface area contributed by atoms with Crippen molar-refractivity contribution in [3.8, 4) is 0 Å². The third kappa shape index (κ3) is 2.11. The summed E-state index contributed by atoms with van der Waals surface area (Å²) in [6, 6.07) is 15.5. The second-order valence-corrected chi connectivity index (χ2v) is 5.10. The van der Waals surface area contributed by atoms with Crippen LogP contribution in [0.25, 0.3) is 5.57 Å². The zero-order chi connectivity index (χ0) is 15.7. The van der Waals surface area contributed by atoms with Crippen LogP contribution < -0.4 is 0 Å². The van der Waals surface area contributed by atoms with Crippen LogP contribution in [0.3, 0.4) is 0 Å². The minimum atomic E-state index is -0.360. The van der Waals surface area contributed by atoms with Crippen molar-refractivity contribution in [2.45, 2.75) is 13.3 Å². The molecule has 2 aromatic rings. The summed E-state index contributed by atoms with van der Waals surface area (Å²) in [7, 11) is 0. The topological polar surface area (TPSA) is 51.2 Å². The van der Waals surface area contributed by atoms with E-state index in [9.17, 15) is 14.4 Å². The van der Waals surface area contributed by atoms with Gasteiger partial charge in [-0.1, -0.05) is 61.5 Å². The Labute approximate surface area is 128 Å². The van der Waals surface area contributed by atoms with Gasteiger partial charge in [0.1, 0.15) is 0 Å². The summed E-state index contributed by atoms with van der Waals surface area (Å²) in [4.78, 5) is 37.8. The lowest BCUT2D eigenvalue weighted by molar-refractivity contribution is -0.114. The molecule has 0 amide bonds. The van der Waals surface area contributed by atoms with Gasteiger partial charge in [-0.25, -0.2) is 0 Å². The van der Waals surface area contributed by atoms with E-state index in [0.29, 0.717) is 16.7 Å². The van der Waals surface area contributed by atoms with E-state index < -0.39 is 0 Å². The first kappa shape index (κ1) is 14.1. The average Bonchev–Trinajstić information content (AvgIpc) is 2.58. The first-order valence-corrected chi connectivity index (χ1v) is 7.16. The normalized spacial score (nSPS) is 14.0. The van der Waals surface area contributed by atoms with Gasteiger partial charge in [-0.05, 0) is 5.56 Å². The molecule has 0 spiro atoms. The van der Waals surface area contributed by atoms with E-state index in [-0.39, 0.29) is 34.9 Å². The summed E-state index contributed by atoms with van der Waals surface area (Å²) >= 11 is 0. The van der Waals surface area contributed by atoms with Crippen molar-refractivity contribution in [3.63, 3.8) is 0 Å². The molecule has 3 rings (SSSR count). The van der Waals surface area contributed by atoms with E-state index in [1.54, 1.807) is 55.5 Å². The Bertz CT molecular complexity index is 814. The van der Waals surface area contributed by atoms with Crippen LogP contribution in [0, 0.1) is 0 Å². The molecule has 1 aliphatic carbocycles. The summed E-state index contributed by atoms with van der Waals surface area (Å²) in [6.45, 7) is 1.69. The molecule has 0 saturated heterocycles. The van der Waals surface area contributed by atoms with E-state index in [1.807, 2.05) is 6.07 Å². The summed E-state index contributed by atoms with van der Waals surface area (Å²) < 4.78 is 0. The van der Waals surface area contributed by atoms with Crippen LogP contribution in [-0.4, -0.2) is 17.3 Å². The van der Waals surface area contributed by atoms with Crippen LogP contribution >= 0.6 is 0 Å². The molecule has 0 radical (unpaired) electrons. The molecule has 0 aliphatic heterocycles. The molecular formula is C19H14O3. The summed E-state index contributed by atoms with van der Waals surface area (Å²) in [6.07, 6.45) is 0.187. The Morgan fingerprint density at radius 3 is 1.95 bits per heavy atom. The fraction of sp³-hybridized carbons (Fsp3) is 0.105. The number of carbonyl (C=O) groups is 3. The number of hydrogen-bond acceptors (Lipinski definition) is 3. The molecule has 108 valence electrons. The van der Waals surface area contributed by atoms with Crippen LogP contribution in [-0.2, 0) is 4.79 Å². The third-order valence-corrected chi connectivity index (χ3v) is 3.78. The van der Waals surface area contributed by atoms with Crippen LogP contribution in [0.15, 0.2) is 60.2 Å². The Kier molecular flexibility index (Phi) is 3.55. The molecule has 0 N–H and O–H groups in total. The van der Waals surface area contributed by atoms with Gasteiger partial charge in [-0.3, -0.25) is 14.4 Å². The van der Waals surface area contributed by atoms with Gasteiger partial charge in [0.15, 0.2) is 17.3 Å². The monoisotopic (exact) mass is 290 g/mol. The van der Waals surface area contributed by atoms with Gasteiger partial charge in [-0.2, -0.15) is 0 Å². The SMILES string of the molecule is CCC(=O)C1=C(c2ccccc2)C(=O)c2ccccc2C1=O. The fourth-order valence-electron chi connectivity index (χ4n) is 2.70. The molecule has 22 heavy (non-hydrogen) atoms. The van der Waals surface area contributed by atoms with Crippen LogP contribution in [0.5, 0.6) is 0 Å². The highest BCUT2D eigenvalue weighted by Crippen LogP contribution is 2.33. The molecule has 0 heterocycles. The van der Waals surface area contributed by atoms with Crippen molar-refractivity contribution < 1.29 is 14.4 Å². The number of carbonyl (C=O) groups excluding carboxylic acids is 3. The van der Waals surface area contributed by atoms with Gasteiger partial charge < -0.3 is 0 Å². The Morgan fingerprint density at radius 1 is 0.818 bits per heavy atom. The Hall–Kier alpha value is -2.81. The van der Waals surface area contributed by atoms with Gasteiger partial charge in [0.25, 0.3) is 0 Å². The molecule has 3 nitrogen and oxygen atoms in total. The lowest BCUT2D eigenvalue weighted by Gasteiger charge is -2.20. The molecule has 1 aliphatic rings. The van der Waals surface area contributed by atoms with E-state index in [1.165, 1.54) is 0 Å². The van der Waals surface area contributed by atoms with Crippen molar-refractivity contribution in [1.29, 1.82) is 0 Å². The second-order valence-electron chi connectivity index (χ2n) is 5.10. The number of rotatable bonds is 3. The summed E-state index contributed by atoms with van der Waals surface area (Å²) in [5, 5.41) is 0. The highest BCUT2D eigenvalue weighted by Gasteiger charge is 2.35. The minimum absolute atomic E-state index is 0.0115. The van der Waals surface area contributed by atoms with Gasteiger partial charge in [0.2, 0.25) is 0 Å². The Balaban J connectivity index is 2.32. The molecule has 0 aromatic heterocycles. The first-order valence-electron chi connectivity index (χ1n) is 7.16. The fourth-order valence-corrected chi connectivity index (χ4v) is 2.70. The van der Waals surface area contributed by atoms with Crippen molar-refractivity contribution in [2.24, 2.45) is 0 Å². The molecule has 0 fully saturated rings. The number of allylic oxidation sites excluding steroid dienone is 2. The van der Waals surface area contributed by atoms with Crippen LogP contribution in [0.2, 0.25) is 0 Å². The van der Waals surface area contributed by atoms with E-state index >= 15 is 0 Å². The highest BCUT2D eigenvalue weighted by atomic mass is 16.2. The van der Waals surface area contributed by atoms with Crippen molar-refractivity contribution in [2.75, 3.05) is 0 Å². The molecule has 2 aromatic carbocycles. The van der Waals surface area contributed by atoms with E-state index in [2.05, 4.69) is 0 Å². The lowest BCUT2D eigenvalue weighted by atomic mass is 9.79. The maximum atomic E-state index is 12.8. The average molecular weight is 290 g/mol. The maximum absolute atomic E-state index is 12.8. The Morgan fingerprint density at radius 2 is 1.36 bits per heavy atom. The van der Waals surface area contributed by atoms with Gasteiger partial charge in [0.05, 0.1) is 5.57 Å². The number of ketones is 3. The zero-order valence-electron chi connectivity index (χ0n) is 12.1. The standard InChI is InChI=1S/C19H14O3/c1-2-15(20)17-16(12-8-4-3-5-9-12)18(21)13-10-6-7-11-14(13)19(17)22/h3-11H,2H2,1H3. The van der Waals surface area contributed by atoms with E-state index in [0.717, 1.165) is 0 Å². The number of benzene rings is 2. The predicted molar refractivity (Wildman–Crippen MR) is 83.8 cm³/mol. The molecule has 0 saturated carbocycles. The summed E-state index contributed by atoms with van der Waals surface area (Å²) in [5.74, 6) is -0.925. The molecule has 0 unspecified atom stereocenters. The third-order valence-electron chi connectivity index (χ3n) is 3.78. The zero-order valence-corrected chi connectivity index (χ0v) is 12.1. The van der Waals surface area contributed by atoms with Crippen molar-refractivity contribution in [3.05, 3.63) is 76.9 Å². The molecular weight excluding hydrogens is 276 g/mol. The summed E-state index contributed by atoms with van der Waals surface area (Å²) in [5.41, 5.74) is 1.50. The first-order chi connectivity index (χ1) is 10.6. The van der Waals surface area contributed by atoms with Crippen molar-refractivity contribution in [1.82, 2.24) is 0 Å². The maximum Gasteiger partial charge on any atom is 0.198 e. The molecule has 0 atom stereocenters. The van der Waals surface area contributed by atoms with Crippen LogP contribution in [0.4, 0.5) is 0 Å². The smallest absolute Gasteiger partial charge is 0.198 e. The number of hydrogen-bond donors (Lipinski definition) is 0. The van der Waals surface area contributed by atoms with Crippen LogP contribution in [0.1, 0.15) is 39.6 Å². The minimum Gasteiger partial charge on any atom is -0.294 e. The largest absolute Gasteiger partial charge is 0.294 e. The van der Waals surface area contributed by atoms with Gasteiger partial charge in [0, 0.05) is 23.1 Å². The number of Topliss-reactive ketones (excluding diaryl/α,β-unsaturated/α-hetero) is 3. The predicted octanol–water partition coefficient (Wildman–Crippen LogP) is 3.50. The van der Waals surface area contributed by atoms with Crippen molar-refractivity contribution >= 4 is 22.9 Å². The van der Waals surface area contributed by atoms with E-state index in [4.69, 9.17) is 0 Å². The quantitative estimate of drug-likeness (QED) is 0.813. The van der Waals surface area contributed by atoms with Gasteiger partial charge in [-0.15, -0.1) is 0 Å². The molecule has 0 bridgehead atoms. The van der Waals surface area contributed by atoms with Gasteiger partial charge >= 0.3 is 0 Å². The molecule has 3 heteroatoms. The lowest BCUT2D eigenvalue weighted by Crippen LogP contribution is -2.25. The highest BCUT2D eigenvalue weighted by molar-refractivity contribution is 6.47. The number of fused-ring (bicyclic) bond motifs is 1.